The Morgan fingerprint density at radius 1 is 1.16 bits per heavy atom. The normalized spacial score (nSPS) is 30.1. The largest absolute Gasteiger partial charge is 0.444 e. The summed E-state index contributed by atoms with van der Waals surface area (Å²) in [5.74, 6) is 0.632. The molecule has 0 unspecified atom stereocenters. The molecule has 0 aromatic heterocycles. The number of aryl methyl sites for hydroxylation is 1. The van der Waals surface area contributed by atoms with Gasteiger partial charge in [0, 0.05) is 0 Å². The Balaban J connectivity index is 1.66. The van der Waals surface area contributed by atoms with Gasteiger partial charge in [-0.15, -0.1) is 0 Å². The summed E-state index contributed by atoms with van der Waals surface area (Å²) in [7, 11) is -3.59. The lowest BCUT2D eigenvalue weighted by Gasteiger charge is -2.30. The number of hydrogen-bond donors (Lipinski definition) is 0. The zero-order valence-corrected chi connectivity index (χ0v) is 15.7. The average Bonchev–Trinajstić information content (AvgIpc) is 3.12. The molecule has 0 spiro atoms. The van der Waals surface area contributed by atoms with Crippen molar-refractivity contribution in [2.24, 2.45) is 11.8 Å². The fraction of sp³-hybridized carbons (Fsp3) is 0.526. The van der Waals surface area contributed by atoms with Crippen LogP contribution in [0.25, 0.3) is 0 Å². The topological polar surface area (TPSA) is 63.7 Å². The minimum absolute atomic E-state index is 0.153. The third-order valence-electron chi connectivity index (χ3n) is 5.23. The summed E-state index contributed by atoms with van der Waals surface area (Å²) in [4.78, 5) is 14.9. The van der Waals surface area contributed by atoms with E-state index in [1.807, 2.05) is 27.7 Å². The fourth-order valence-electron chi connectivity index (χ4n) is 4.06. The molecule has 4 rings (SSSR count). The lowest BCUT2D eigenvalue weighted by Crippen LogP contribution is -2.43. The molecule has 1 saturated heterocycles. The van der Waals surface area contributed by atoms with Crippen molar-refractivity contribution >= 4 is 15.9 Å². The maximum atomic E-state index is 13.1. The molecule has 6 heteroatoms. The molecule has 25 heavy (non-hydrogen) atoms. The maximum Gasteiger partial charge on any atom is 0.411 e. The van der Waals surface area contributed by atoms with Crippen molar-refractivity contribution in [2.45, 2.75) is 56.7 Å². The lowest BCUT2D eigenvalue weighted by molar-refractivity contribution is 0.0198. The van der Waals surface area contributed by atoms with E-state index in [0.717, 1.165) is 12.0 Å². The van der Waals surface area contributed by atoms with Gasteiger partial charge in [0.15, 0.2) is 0 Å². The predicted molar refractivity (Wildman–Crippen MR) is 93.7 cm³/mol. The Hall–Kier alpha value is -1.82. The van der Waals surface area contributed by atoms with Crippen LogP contribution in [0.5, 0.6) is 0 Å². The first kappa shape index (κ1) is 16.6. The molecule has 2 bridgehead atoms. The van der Waals surface area contributed by atoms with Gasteiger partial charge in [-0.25, -0.2) is 13.2 Å². The molecule has 134 valence electrons. The Morgan fingerprint density at radius 2 is 1.80 bits per heavy atom. The molecule has 0 radical (unpaired) electrons. The zero-order chi connectivity index (χ0) is 18.1. The summed E-state index contributed by atoms with van der Waals surface area (Å²) in [6.07, 6.45) is 2.34. The summed E-state index contributed by atoms with van der Waals surface area (Å²) in [6, 6.07) is 6.34. The van der Waals surface area contributed by atoms with Crippen molar-refractivity contribution in [1.29, 1.82) is 0 Å². The minimum atomic E-state index is -3.59. The average molecular weight is 361 g/mol. The van der Waals surface area contributed by atoms with Crippen LogP contribution in [-0.4, -0.2) is 37.1 Å². The number of hydrogen-bond acceptors (Lipinski definition) is 4. The fourth-order valence-corrected chi connectivity index (χ4v) is 5.75. The van der Waals surface area contributed by atoms with Gasteiger partial charge < -0.3 is 4.74 Å². The first-order valence-corrected chi connectivity index (χ1v) is 10.1. The van der Waals surface area contributed by atoms with Crippen LogP contribution in [-0.2, 0) is 14.6 Å². The smallest absolute Gasteiger partial charge is 0.411 e. The first-order valence-electron chi connectivity index (χ1n) is 8.64. The minimum Gasteiger partial charge on any atom is -0.444 e. The Bertz CT molecular complexity index is 864. The van der Waals surface area contributed by atoms with Gasteiger partial charge in [0.2, 0.25) is 9.84 Å². The molecule has 2 fully saturated rings. The number of sulfone groups is 1. The summed E-state index contributed by atoms with van der Waals surface area (Å²) < 4.78 is 31.7. The lowest BCUT2D eigenvalue weighted by atomic mass is 10.1. The zero-order valence-electron chi connectivity index (χ0n) is 14.9. The van der Waals surface area contributed by atoms with E-state index in [9.17, 15) is 13.2 Å². The SMILES string of the molecule is Cc1ccc(S(=O)(=O)C2=C[C@@H]3[C@H]4C[C@H]4[C@H]2N3C(=O)OC(C)(C)C)cc1. The molecule has 1 aromatic carbocycles. The molecule has 4 atom stereocenters. The highest BCUT2D eigenvalue weighted by molar-refractivity contribution is 7.95. The molecular weight excluding hydrogens is 338 g/mol. The second-order valence-corrected chi connectivity index (χ2v) is 10.2. The van der Waals surface area contributed by atoms with Crippen molar-refractivity contribution in [1.82, 2.24) is 4.90 Å². The van der Waals surface area contributed by atoms with E-state index < -0.39 is 21.5 Å². The number of amides is 1. The summed E-state index contributed by atoms with van der Waals surface area (Å²) >= 11 is 0. The number of fused-ring (bicyclic) bond motifs is 5. The van der Waals surface area contributed by atoms with Crippen LogP contribution in [0.1, 0.15) is 32.8 Å². The molecule has 1 aliphatic carbocycles. The Morgan fingerprint density at radius 3 is 2.40 bits per heavy atom. The number of piperidine rings is 1. The van der Waals surface area contributed by atoms with Gasteiger partial charge in [0.05, 0.1) is 21.9 Å². The van der Waals surface area contributed by atoms with Crippen molar-refractivity contribution in [2.75, 3.05) is 0 Å². The first-order chi connectivity index (χ1) is 11.6. The number of nitrogens with zero attached hydrogens (tertiary/aromatic N) is 1. The van der Waals surface area contributed by atoms with E-state index in [4.69, 9.17) is 4.74 Å². The van der Waals surface area contributed by atoms with Crippen LogP contribution in [0.3, 0.4) is 0 Å². The third kappa shape index (κ3) is 2.58. The highest BCUT2D eigenvalue weighted by Crippen LogP contribution is 2.61. The molecule has 0 N–H and O–H groups in total. The van der Waals surface area contributed by atoms with Gasteiger partial charge >= 0.3 is 6.09 Å². The third-order valence-corrected chi connectivity index (χ3v) is 7.12. The Kier molecular flexibility index (Phi) is 3.39. The number of carbonyl (C=O) groups is 1. The number of carbonyl (C=O) groups excluding carboxylic acids is 1. The molecule has 3 aliphatic rings. The van der Waals surface area contributed by atoms with Crippen molar-refractivity contribution in [3.8, 4) is 0 Å². The number of rotatable bonds is 2. The van der Waals surface area contributed by atoms with Crippen molar-refractivity contribution < 1.29 is 17.9 Å². The number of ether oxygens (including phenoxy) is 1. The summed E-state index contributed by atoms with van der Waals surface area (Å²) in [5, 5.41) is 0. The van der Waals surface area contributed by atoms with Crippen LogP contribution in [0.4, 0.5) is 4.79 Å². The molecule has 1 aromatic rings. The summed E-state index contributed by atoms with van der Waals surface area (Å²) in [5.41, 5.74) is 0.415. The van der Waals surface area contributed by atoms with Gasteiger partial charge in [-0.2, -0.15) is 0 Å². The second-order valence-electron chi connectivity index (χ2n) is 8.27. The van der Waals surface area contributed by atoms with Gasteiger partial charge in [0.1, 0.15) is 5.60 Å². The molecule has 5 nitrogen and oxygen atoms in total. The van der Waals surface area contributed by atoms with Crippen LogP contribution < -0.4 is 0 Å². The van der Waals surface area contributed by atoms with E-state index in [2.05, 4.69) is 0 Å². The molecular formula is C19H23NO4S. The van der Waals surface area contributed by atoms with Gasteiger partial charge in [-0.3, -0.25) is 4.90 Å². The molecule has 1 amide bonds. The summed E-state index contributed by atoms with van der Waals surface area (Å²) in [6.45, 7) is 7.38. The molecule has 1 saturated carbocycles. The van der Waals surface area contributed by atoms with Gasteiger partial charge in [0.25, 0.3) is 0 Å². The quantitative estimate of drug-likeness (QED) is 0.811. The van der Waals surface area contributed by atoms with E-state index in [-0.39, 0.29) is 18.0 Å². The maximum absolute atomic E-state index is 13.1. The van der Waals surface area contributed by atoms with Gasteiger partial charge in [-0.05, 0) is 64.2 Å². The highest BCUT2D eigenvalue weighted by atomic mass is 32.2. The van der Waals surface area contributed by atoms with E-state index in [0.29, 0.717) is 15.7 Å². The Labute approximate surface area is 148 Å². The highest BCUT2D eigenvalue weighted by Gasteiger charge is 2.66. The number of benzene rings is 1. The van der Waals surface area contributed by atoms with Crippen LogP contribution in [0.15, 0.2) is 40.1 Å². The van der Waals surface area contributed by atoms with Crippen LogP contribution in [0.2, 0.25) is 0 Å². The van der Waals surface area contributed by atoms with Gasteiger partial charge in [-0.1, -0.05) is 17.7 Å². The monoisotopic (exact) mass is 361 g/mol. The van der Waals surface area contributed by atoms with Crippen molar-refractivity contribution in [3.05, 3.63) is 40.8 Å². The van der Waals surface area contributed by atoms with Crippen molar-refractivity contribution in [3.63, 3.8) is 0 Å². The van der Waals surface area contributed by atoms with E-state index >= 15 is 0 Å². The van der Waals surface area contributed by atoms with Crippen LogP contribution in [0, 0.1) is 18.8 Å². The standard InChI is InChI=1S/C19H23NO4S/c1-11-5-7-12(8-6-11)25(22,23)16-10-15-13-9-14(13)17(16)20(15)18(21)24-19(2,3)4/h5-8,10,13-15,17H,9H2,1-4H3/t13-,14+,15+,17+/m0/s1. The van der Waals surface area contributed by atoms with Crippen LogP contribution >= 0.6 is 0 Å². The molecule has 2 aliphatic heterocycles. The predicted octanol–water partition coefficient (Wildman–Crippen LogP) is 3.29. The van der Waals surface area contributed by atoms with E-state index in [1.54, 1.807) is 35.2 Å². The molecule has 2 heterocycles. The second kappa shape index (κ2) is 5.10. The van der Waals surface area contributed by atoms with E-state index in [1.165, 1.54) is 0 Å².